The molecule has 0 aliphatic carbocycles. The average Bonchev–Trinajstić information content (AvgIpc) is 3.02. The Labute approximate surface area is 150 Å². The molecule has 138 valence electrons. The monoisotopic (exact) mass is 364 g/mol. The van der Waals surface area contributed by atoms with Crippen LogP contribution >= 0.6 is 0 Å². The topological polar surface area (TPSA) is 75.5 Å². The minimum absolute atomic E-state index is 0.128. The van der Waals surface area contributed by atoms with Gasteiger partial charge in [0, 0.05) is 43.6 Å². The summed E-state index contributed by atoms with van der Waals surface area (Å²) in [7, 11) is -2.95. The third kappa shape index (κ3) is 6.08. The highest BCUT2D eigenvalue weighted by molar-refractivity contribution is 7.91. The van der Waals surface area contributed by atoms with Crippen molar-refractivity contribution in [2.75, 3.05) is 31.1 Å². The molecule has 1 aromatic heterocycles. The van der Waals surface area contributed by atoms with Crippen LogP contribution < -0.4 is 10.6 Å². The Kier molecular flexibility index (Phi) is 7.31. The first-order valence-electron chi connectivity index (χ1n) is 8.82. The van der Waals surface area contributed by atoms with E-state index in [2.05, 4.69) is 50.7 Å². The fourth-order valence-electron chi connectivity index (χ4n) is 2.58. The van der Waals surface area contributed by atoms with E-state index in [-0.39, 0.29) is 11.5 Å². The van der Waals surface area contributed by atoms with Gasteiger partial charge in [0.1, 0.15) is 0 Å². The number of aryl methyl sites for hydroxylation is 1. The van der Waals surface area contributed by atoms with Gasteiger partial charge in [0.05, 0.1) is 5.75 Å². The second kappa shape index (κ2) is 9.46. The lowest BCUT2D eigenvalue weighted by Crippen LogP contribution is -2.39. The van der Waals surface area contributed by atoms with Gasteiger partial charge in [-0.05, 0) is 30.9 Å². The number of hydrogen-bond donors (Lipinski definition) is 2. The molecule has 7 heteroatoms. The van der Waals surface area contributed by atoms with Gasteiger partial charge >= 0.3 is 0 Å². The van der Waals surface area contributed by atoms with Gasteiger partial charge in [-0.15, -0.1) is 0 Å². The lowest BCUT2D eigenvalue weighted by Gasteiger charge is -2.11. The third-order valence-electron chi connectivity index (χ3n) is 4.00. The van der Waals surface area contributed by atoms with E-state index in [1.807, 2.05) is 13.0 Å². The van der Waals surface area contributed by atoms with E-state index in [0.717, 1.165) is 19.5 Å². The Bertz CT molecular complexity index is 796. The number of aliphatic imine (C=N–C) groups is 1. The first-order valence-corrected chi connectivity index (χ1v) is 10.6. The summed E-state index contributed by atoms with van der Waals surface area (Å²) in [4.78, 5) is 4.52. The molecule has 0 saturated heterocycles. The summed E-state index contributed by atoms with van der Waals surface area (Å²) < 4.78 is 25.3. The quantitative estimate of drug-likeness (QED) is 0.405. The van der Waals surface area contributed by atoms with Crippen molar-refractivity contribution < 1.29 is 8.42 Å². The molecule has 0 fully saturated rings. The van der Waals surface area contributed by atoms with E-state index in [0.29, 0.717) is 19.0 Å². The van der Waals surface area contributed by atoms with Crippen LogP contribution in [0.15, 0.2) is 41.5 Å². The van der Waals surface area contributed by atoms with Crippen molar-refractivity contribution in [2.45, 2.75) is 26.8 Å². The molecular formula is C18H28N4O2S. The Morgan fingerprint density at radius 1 is 1.16 bits per heavy atom. The molecule has 2 N–H and O–H groups in total. The minimum Gasteiger partial charge on any atom is -0.357 e. The standard InChI is InChI=1S/C18H28N4O2S/c1-3-19-18(21-12-15-25(23,24)4-2)20-11-7-13-22-14-10-16-8-5-6-9-17(16)22/h5-6,8-10,14H,3-4,7,11-13,15H2,1-2H3,(H2,19,20,21). The van der Waals surface area contributed by atoms with E-state index < -0.39 is 9.84 Å². The molecule has 0 atom stereocenters. The molecule has 0 amide bonds. The number of aromatic nitrogens is 1. The smallest absolute Gasteiger partial charge is 0.191 e. The molecule has 0 bridgehead atoms. The second-order valence-corrected chi connectivity index (χ2v) is 8.32. The number of nitrogens with one attached hydrogen (secondary N) is 2. The van der Waals surface area contributed by atoms with Crippen LogP contribution in [0.2, 0.25) is 0 Å². The molecule has 2 aromatic rings. The highest BCUT2D eigenvalue weighted by Gasteiger charge is 2.07. The molecule has 1 heterocycles. The summed E-state index contributed by atoms with van der Waals surface area (Å²) in [6.07, 6.45) is 3.02. The molecule has 0 saturated carbocycles. The number of rotatable bonds is 9. The van der Waals surface area contributed by atoms with Crippen molar-refractivity contribution in [3.05, 3.63) is 36.5 Å². The van der Waals surface area contributed by atoms with Crippen molar-refractivity contribution in [1.29, 1.82) is 0 Å². The summed E-state index contributed by atoms with van der Waals surface area (Å²) in [5.74, 6) is 0.974. The average molecular weight is 365 g/mol. The predicted octanol–water partition coefficient (Wildman–Crippen LogP) is 2.02. The number of fused-ring (bicyclic) bond motifs is 1. The normalized spacial score (nSPS) is 12.5. The van der Waals surface area contributed by atoms with Gasteiger partial charge < -0.3 is 15.2 Å². The number of sulfone groups is 1. The summed E-state index contributed by atoms with van der Waals surface area (Å²) in [6, 6.07) is 10.5. The van der Waals surface area contributed by atoms with Crippen LogP contribution in [0.3, 0.4) is 0 Å². The van der Waals surface area contributed by atoms with Crippen LogP contribution in [0, 0.1) is 0 Å². The number of para-hydroxylation sites is 1. The SMILES string of the molecule is CCNC(=NCCCn1ccc2ccccc21)NCCS(=O)(=O)CC. The van der Waals surface area contributed by atoms with E-state index in [1.54, 1.807) is 6.92 Å². The molecule has 0 aliphatic rings. The molecule has 1 aromatic carbocycles. The highest BCUT2D eigenvalue weighted by Crippen LogP contribution is 2.15. The summed E-state index contributed by atoms with van der Waals surface area (Å²) in [5.41, 5.74) is 1.24. The highest BCUT2D eigenvalue weighted by atomic mass is 32.2. The van der Waals surface area contributed by atoms with E-state index in [9.17, 15) is 8.42 Å². The van der Waals surface area contributed by atoms with Gasteiger partial charge in [-0.1, -0.05) is 25.1 Å². The lowest BCUT2D eigenvalue weighted by molar-refractivity contribution is 0.595. The van der Waals surface area contributed by atoms with Crippen LogP contribution in [-0.4, -0.2) is 50.1 Å². The number of hydrogen-bond acceptors (Lipinski definition) is 3. The first-order chi connectivity index (χ1) is 12.1. The molecule has 2 rings (SSSR count). The zero-order valence-electron chi connectivity index (χ0n) is 15.0. The van der Waals surface area contributed by atoms with Crippen molar-refractivity contribution in [3.63, 3.8) is 0 Å². The number of nitrogens with zero attached hydrogens (tertiary/aromatic N) is 2. The Hall–Kier alpha value is -2.02. The Balaban J connectivity index is 1.82. The van der Waals surface area contributed by atoms with Gasteiger partial charge in [0.15, 0.2) is 15.8 Å². The van der Waals surface area contributed by atoms with E-state index in [1.165, 1.54) is 10.9 Å². The largest absolute Gasteiger partial charge is 0.357 e. The second-order valence-electron chi connectivity index (χ2n) is 5.85. The van der Waals surface area contributed by atoms with Gasteiger partial charge in [-0.2, -0.15) is 0 Å². The molecule has 0 unspecified atom stereocenters. The maximum atomic E-state index is 11.5. The Morgan fingerprint density at radius 3 is 2.72 bits per heavy atom. The minimum atomic E-state index is -2.95. The summed E-state index contributed by atoms with van der Waals surface area (Å²) in [6.45, 7) is 6.37. The molecule has 6 nitrogen and oxygen atoms in total. The van der Waals surface area contributed by atoms with Crippen LogP contribution in [0.4, 0.5) is 0 Å². The summed E-state index contributed by atoms with van der Waals surface area (Å²) >= 11 is 0. The van der Waals surface area contributed by atoms with Gasteiger partial charge in [0.2, 0.25) is 0 Å². The first kappa shape index (κ1) is 19.3. The van der Waals surface area contributed by atoms with Crippen molar-refractivity contribution in [1.82, 2.24) is 15.2 Å². The van der Waals surface area contributed by atoms with Crippen LogP contribution in [0.1, 0.15) is 20.3 Å². The zero-order valence-corrected chi connectivity index (χ0v) is 15.8. The number of guanidine groups is 1. The zero-order chi connectivity index (χ0) is 18.1. The summed E-state index contributed by atoms with van der Waals surface area (Å²) in [5, 5.41) is 7.48. The lowest BCUT2D eigenvalue weighted by atomic mass is 10.2. The fourth-order valence-corrected chi connectivity index (χ4v) is 3.28. The van der Waals surface area contributed by atoms with Crippen LogP contribution in [0.25, 0.3) is 10.9 Å². The molecule has 0 radical (unpaired) electrons. The van der Waals surface area contributed by atoms with Crippen LogP contribution in [-0.2, 0) is 16.4 Å². The van der Waals surface area contributed by atoms with Gasteiger partial charge in [-0.3, -0.25) is 4.99 Å². The maximum absolute atomic E-state index is 11.5. The van der Waals surface area contributed by atoms with Crippen molar-refractivity contribution >= 4 is 26.7 Å². The molecule has 0 aliphatic heterocycles. The Morgan fingerprint density at radius 2 is 1.96 bits per heavy atom. The van der Waals surface area contributed by atoms with Crippen molar-refractivity contribution in [3.8, 4) is 0 Å². The fraction of sp³-hybridized carbons (Fsp3) is 0.500. The van der Waals surface area contributed by atoms with Gasteiger partial charge in [0.25, 0.3) is 0 Å². The molecular weight excluding hydrogens is 336 g/mol. The predicted molar refractivity (Wildman–Crippen MR) is 105 cm³/mol. The van der Waals surface area contributed by atoms with Crippen LogP contribution in [0.5, 0.6) is 0 Å². The maximum Gasteiger partial charge on any atom is 0.191 e. The van der Waals surface area contributed by atoms with Crippen molar-refractivity contribution in [2.24, 2.45) is 4.99 Å². The molecule has 0 spiro atoms. The third-order valence-corrected chi connectivity index (χ3v) is 5.70. The van der Waals surface area contributed by atoms with E-state index >= 15 is 0 Å². The van der Waals surface area contributed by atoms with Gasteiger partial charge in [-0.25, -0.2) is 8.42 Å². The van der Waals surface area contributed by atoms with E-state index in [4.69, 9.17) is 0 Å². The number of benzene rings is 1. The molecule has 25 heavy (non-hydrogen) atoms.